The van der Waals surface area contributed by atoms with E-state index in [-0.39, 0.29) is 11.6 Å². The first-order valence-corrected chi connectivity index (χ1v) is 6.56. The Labute approximate surface area is 107 Å². The zero-order valence-electron chi connectivity index (χ0n) is 10.8. The fraction of sp³-hybridized carbons (Fsp3) is 0.400. The first-order valence-electron chi connectivity index (χ1n) is 6.56. The molecule has 2 rings (SSSR count). The average Bonchev–Trinajstić information content (AvgIpc) is 2.41. The van der Waals surface area contributed by atoms with Crippen molar-refractivity contribution in [1.29, 1.82) is 0 Å². The van der Waals surface area contributed by atoms with Gasteiger partial charge in [-0.05, 0) is 36.8 Å². The molecule has 96 valence electrons. The lowest BCUT2D eigenvalue weighted by Crippen LogP contribution is -2.22. The summed E-state index contributed by atoms with van der Waals surface area (Å²) in [5.74, 6) is 0. The zero-order valence-corrected chi connectivity index (χ0v) is 10.8. The number of aryl methyl sites for hydroxylation is 1. The van der Waals surface area contributed by atoms with Gasteiger partial charge in [0.15, 0.2) is 0 Å². The molecule has 0 radical (unpaired) electrons. The summed E-state index contributed by atoms with van der Waals surface area (Å²) in [5.41, 5.74) is 5.97. The van der Waals surface area contributed by atoms with E-state index in [2.05, 4.69) is 6.92 Å². The molecule has 0 spiro atoms. The van der Waals surface area contributed by atoms with E-state index in [1.54, 1.807) is 4.57 Å². The third-order valence-electron chi connectivity index (χ3n) is 3.38. The molecule has 1 aromatic carbocycles. The summed E-state index contributed by atoms with van der Waals surface area (Å²) in [7, 11) is 0. The van der Waals surface area contributed by atoms with Crippen molar-refractivity contribution in [3.63, 3.8) is 0 Å². The minimum atomic E-state index is 0.0955. The Kier molecular flexibility index (Phi) is 4.15. The van der Waals surface area contributed by atoms with Crippen LogP contribution in [0.5, 0.6) is 0 Å². The first-order chi connectivity index (χ1) is 8.72. The molecule has 0 amide bonds. The number of hydrogen-bond donors (Lipinski definition) is 1. The quantitative estimate of drug-likeness (QED) is 0.878. The van der Waals surface area contributed by atoms with Gasteiger partial charge in [0, 0.05) is 24.2 Å². The topological polar surface area (TPSA) is 48.0 Å². The van der Waals surface area contributed by atoms with E-state index in [9.17, 15) is 4.79 Å². The number of hydrogen-bond acceptors (Lipinski definition) is 2. The number of pyridine rings is 1. The van der Waals surface area contributed by atoms with Crippen LogP contribution in [0.15, 0.2) is 41.3 Å². The predicted octanol–water partition coefficient (Wildman–Crippen LogP) is 2.52. The van der Waals surface area contributed by atoms with Crippen LogP contribution in [0.25, 0.3) is 10.8 Å². The number of benzene rings is 1. The van der Waals surface area contributed by atoms with Gasteiger partial charge >= 0.3 is 0 Å². The Morgan fingerprint density at radius 2 is 2.06 bits per heavy atom. The van der Waals surface area contributed by atoms with E-state index in [0.29, 0.717) is 0 Å². The maximum absolute atomic E-state index is 12.2. The minimum Gasteiger partial charge on any atom is -0.328 e. The van der Waals surface area contributed by atoms with Crippen LogP contribution < -0.4 is 11.3 Å². The lowest BCUT2D eigenvalue weighted by molar-refractivity contribution is 0.520. The molecule has 1 heterocycles. The van der Waals surface area contributed by atoms with Gasteiger partial charge < -0.3 is 10.3 Å². The molecule has 0 aliphatic heterocycles. The third-order valence-corrected chi connectivity index (χ3v) is 3.38. The molecular formula is C15H20N2O. The predicted molar refractivity (Wildman–Crippen MR) is 75.7 cm³/mol. The van der Waals surface area contributed by atoms with Crippen molar-refractivity contribution in [2.24, 2.45) is 5.73 Å². The number of nitrogens with zero attached hydrogens (tertiary/aromatic N) is 1. The fourth-order valence-electron chi connectivity index (χ4n) is 2.13. The highest BCUT2D eigenvalue weighted by Crippen LogP contribution is 2.08. The van der Waals surface area contributed by atoms with Gasteiger partial charge in [-0.2, -0.15) is 0 Å². The summed E-state index contributed by atoms with van der Waals surface area (Å²) in [6.07, 6.45) is 4.79. The van der Waals surface area contributed by atoms with Crippen LogP contribution in [-0.4, -0.2) is 10.6 Å². The first kappa shape index (κ1) is 12.8. The molecule has 18 heavy (non-hydrogen) atoms. The van der Waals surface area contributed by atoms with Gasteiger partial charge in [-0.15, -0.1) is 0 Å². The molecule has 0 aliphatic carbocycles. The van der Waals surface area contributed by atoms with Crippen LogP contribution in [0.1, 0.15) is 26.2 Å². The lowest BCUT2D eigenvalue weighted by atomic mass is 10.1. The summed E-state index contributed by atoms with van der Waals surface area (Å²) in [4.78, 5) is 12.2. The van der Waals surface area contributed by atoms with E-state index in [4.69, 9.17) is 5.73 Å². The molecular weight excluding hydrogens is 224 g/mol. The van der Waals surface area contributed by atoms with Crippen LogP contribution in [-0.2, 0) is 6.54 Å². The SMILES string of the molecule is CCC(N)CCCn1ccc2ccccc2c1=O. The van der Waals surface area contributed by atoms with Crippen LogP contribution in [0, 0.1) is 0 Å². The summed E-state index contributed by atoms with van der Waals surface area (Å²) >= 11 is 0. The number of rotatable bonds is 5. The molecule has 1 unspecified atom stereocenters. The van der Waals surface area contributed by atoms with Gasteiger partial charge in [-0.1, -0.05) is 25.1 Å². The second kappa shape index (κ2) is 5.83. The maximum atomic E-state index is 12.2. The van der Waals surface area contributed by atoms with Crippen LogP contribution in [0.4, 0.5) is 0 Å². The zero-order chi connectivity index (χ0) is 13.0. The van der Waals surface area contributed by atoms with Crippen molar-refractivity contribution < 1.29 is 0 Å². The molecule has 2 aromatic rings. The molecule has 0 aliphatic rings. The molecule has 0 bridgehead atoms. The highest BCUT2D eigenvalue weighted by atomic mass is 16.1. The summed E-state index contributed by atoms with van der Waals surface area (Å²) < 4.78 is 1.78. The summed E-state index contributed by atoms with van der Waals surface area (Å²) in [5, 5.41) is 1.80. The van der Waals surface area contributed by atoms with E-state index < -0.39 is 0 Å². The van der Waals surface area contributed by atoms with Crippen molar-refractivity contribution in [1.82, 2.24) is 4.57 Å². The number of nitrogens with two attached hydrogens (primary N) is 1. The van der Waals surface area contributed by atoms with Gasteiger partial charge in [-0.3, -0.25) is 4.79 Å². The van der Waals surface area contributed by atoms with Gasteiger partial charge in [0.2, 0.25) is 0 Å². The van der Waals surface area contributed by atoms with E-state index in [0.717, 1.165) is 36.6 Å². The van der Waals surface area contributed by atoms with E-state index in [1.807, 2.05) is 36.5 Å². The van der Waals surface area contributed by atoms with Gasteiger partial charge in [-0.25, -0.2) is 0 Å². The van der Waals surface area contributed by atoms with E-state index in [1.165, 1.54) is 0 Å². The smallest absolute Gasteiger partial charge is 0.258 e. The minimum absolute atomic E-state index is 0.0955. The average molecular weight is 244 g/mol. The Balaban J connectivity index is 2.14. The van der Waals surface area contributed by atoms with Crippen molar-refractivity contribution in [2.75, 3.05) is 0 Å². The molecule has 1 atom stereocenters. The largest absolute Gasteiger partial charge is 0.328 e. The second-order valence-electron chi connectivity index (χ2n) is 4.71. The Bertz CT molecular complexity index is 574. The number of aromatic nitrogens is 1. The summed E-state index contributed by atoms with van der Waals surface area (Å²) in [6.45, 7) is 2.84. The molecule has 0 fully saturated rings. The van der Waals surface area contributed by atoms with Crippen LogP contribution >= 0.6 is 0 Å². The number of fused-ring (bicyclic) bond motifs is 1. The molecule has 2 N–H and O–H groups in total. The molecule has 0 saturated heterocycles. The Morgan fingerprint density at radius 1 is 1.28 bits per heavy atom. The van der Waals surface area contributed by atoms with Gasteiger partial charge in [0.25, 0.3) is 5.56 Å². The van der Waals surface area contributed by atoms with Crippen molar-refractivity contribution >= 4 is 10.8 Å². The molecule has 0 saturated carbocycles. The molecule has 1 aromatic heterocycles. The highest BCUT2D eigenvalue weighted by molar-refractivity contribution is 5.81. The highest BCUT2D eigenvalue weighted by Gasteiger charge is 2.03. The standard InChI is InChI=1S/C15H20N2O/c1-2-13(16)7-5-10-17-11-9-12-6-3-4-8-14(12)15(17)18/h3-4,6,8-9,11,13H,2,5,7,10,16H2,1H3. The van der Waals surface area contributed by atoms with Crippen molar-refractivity contribution in [3.8, 4) is 0 Å². The third kappa shape index (κ3) is 2.79. The van der Waals surface area contributed by atoms with Crippen molar-refractivity contribution in [3.05, 3.63) is 46.9 Å². The molecule has 3 heteroatoms. The Hall–Kier alpha value is -1.61. The fourth-order valence-corrected chi connectivity index (χ4v) is 2.13. The van der Waals surface area contributed by atoms with Gasteiger partial charge in [0.1, 0.15) is 0 Å². The monoisotopic (exact) mass is 244 g/mol. The lowest BCUT2D eigenvalue weighted by Gasteiger charge is -2.10. The van der Waals surface area contributed by atoms with Crippen molar-refractivity contribution in [2.45, 2.75) is 38.8 Å². The normalized spacial score (nSPS) is 12.8. The van der Waals surface area contributed by atoms with E-state index >= 15 is 0 Å². The Morgan fingerprint density at radius 3 is 2.83 bits per heavy atom. The maximum Gasteiger partial charge on any atom is 0.258 e. The van der Waals surface area contributed by atoms with Crippen LogP contribution in [0.3, 0.4) is 0 Å². The second-order valence-corrected chi connectivity index (χ2v) is 4.71. The van der Waals surface area contributed by atoms with Crippen LogP contribution in [0.2, 0.25) is 0 Å². The van der Waals surface area contributed by atoms with Gasteiger partial charge in [0.05, 0.1) is 0 Å². The summed E-state index contributed by atoms with van der Waals surface area (Å²) in [6, 6.07) is 9.95. The molecule has 3 nitrogen and oxygen atoms in total.